The summed E-state index contributed by atoms with van der Waals surface area (Å²) in [6, 6.07) is 5.61. The largest absolute Gasteiger partial charge is 0.311 e. The Hall–Kier alpha value is -0.930. The maximum absolute atomic E-state index is 4.12. The minimum Gasteiger partial charge on any atom is -0.311 e. The minimum atomic E-state index is 0.658. The molecular formula is C17H29N3. The third-order valence-electron chi connectivity index (χ3n) is 4.13. The number of rotatable bonds is 6. The van der Waals surface area contributed by atoms with Gasteiger partial charge in [0.15, 0.2) is 0 Å². The van der Waals surface area contributed by atoms with Gasteiger partial charge in [0.1, 0.15) is 0 Å². The van der Waals surface area contributed by atoms with Gasteiger partial charge in [0.25, 0.3) is 0 Å². The van der Waals surface area contributed by atoms with E-state index in [1.165, 1.54) is 31.4 Å². The Morgan fingerprint density at radius 2 is 2.10 bits per heavy atom. The summed E-state index contributed by atoms with van der Waals surface area (Å²) in [5.41, 5.74) is 1.38. The number of nitrogens with one attached hydrogen (secondary N) is 1. The van der Waals surface area contributed by atoms with E-state index in [1.54, 1.807) is 0 Å². The number of hydrogen-bond acceptors (Lipinski definition) is 3. The molecule has 112 valence electrons. The Morgan fingerprint density at radius 1 is 1.35 bits per heavy atom. The second-order valence-electron chi connectivity index (χ2n) is 6.46. The van der Waals surface area contributed by atoms with Crippen molar-refractivity contribution in [1.29, 1.82) is 0 Å². The van der Waals surface area contributed by atoms with Crippen LogP contribution in [0.25, 0.3) is 0 Å². The molecule has 20 heavy (non-hydrogen) atoms. The van der Waals surface area contributed by atoms with Crippen molar-refractivity contribution >= 4 is 0 Å². The monoisotopic (exact) mass is 275 g/mol. The molecule has 1 saturated heterocycles. The molecule has 1 aliphatic heterocycles. The number of hydrogen-bond donors (Lipinski definition) is 1. The second kappa shape index (κ2) is 7.75. The Kier molecular flexibility index (Phi) is 5.99. The van der Waals surface area contributed by atoms with E-state index < -0.39 is 0 Å². The fourth-order valence-corrected chi connectivity index (χ4v) is 3.16. The van der Waals surface area contributed by atoms with E-state index in [2.05, 4.69) is 48.1 Å². The van der Waals surface area contributed by atoms with Gasteiger partial charge in [-0.05, 0) is 36.5 Å². The van der Waals surface area contributed by atoms with Gasteiger partial charge in [-0.25, -0.2) is 0 Å². The van der Waals surface area contributed by atoms with Gasteiger partial charge in [-0.1, -0.05) is 27.2 Å². The van der Waals surface area contributed by atoms with Gasteiger partial charge in [0.2, 0.25) is 0 Å². The normalized spacial score (nSPS) is 24.2. The van der Waals surface area contributed by atoms with E-state index in [1.807, 2.05) is 12.4 Å². The van der Waals surface area contributed by atoms with Crippen molar-refractivity contribution in [2.24, 2.45) is 5.92 Å². The zero-order valence-electron chi connectivity index (χ0n) is 13.2. The molecule has 2 rings (SSSR count). The maximum atomic E-state index is 4.12. The van der Waals surface area contributed by atoms with Crippen LogP contribution in [0.3, 0.4) is 0 Å². The van der Waals surface area contributed by atoms with Crippen molar-refractivity contribution in [2.45, 2.75) is 58.7 Å². The van der Waals surface area contributed by atoms with Gasteiger partial charge >= 0.3 is 0 Å². The average molecular weight is 275 g/mol. The van der Waals surface area contributed by atoms with E-state index in [-0.39, 0.29) is 0 Å². The molecule has 1 aliphatic rings. The lowest BCUT2D eigenvalue weighted by atomic mass is 9.97. The van der Waals surface area contributed by atoms with Crippen LogP contribution in [0, 0.1) is 5.92 Å². The number of nitrogens with zero attached hydrogens (tertiary/aromatic N) is 2. The summed E-state index contributed by atoms with van der Waals surface area (Å²) < 4.78 is 0. The van der Waals surface area contributed by atoms with Gasteiger partial charge in [-0.15, -0.1) is 0 Å². The van der Waals surface area contributed by atoms with Crippen LogP contribution in [0.5, 0.6) is 0 Å². The van der Waals surface area contributed by atoms with E-state index in [0.29, 0.717) is 12.1 Å². The van der Waals surface area contributed by atoms with Crippen LogP contribution >= 0.6 is 0 Å². The number of pyridine rings is 1. The molecule has 1 N–H and O–H groups in total. The van der Waals surface area contributed by atoms with Crippen LogP contribution in [0.1, 0.15) is 45.6 Å². The molecule has 1 aromatic rings. The van der Waals surface area contributed by atoms with Crippen molar-refractivity contribution in [3.8, 4) is 0 Å². The van der Waals surface area contributed by atoms with Crippen LogP contribution in [0.4, 0.5) is 0 Å². The summed E-state index contributed by atoms with van der Waals surface area (Å²) in [7, 11) is 0. The van der Waals surface area contributed by atoms with Gasteiger partial charge in [0.05, 0.1) is 0 Å². The lowest BCUT2D eigenvalue weighted by Crippen LogP contribution is -2.56. The summed E-state index contributed by atoms with van der Waals surface area (Å²) in [5.74, 6) is 0.754. The van der Waals surface area contributed by atoms with Crippen LogP contribution in [0.2, 0.25) is 0 Å². The van der Waals surface area contributed by atoms with Crippen LogP contribution in [-0.4, -0.2) is 35.1 Å². The van der Waals surface area contributed by atoms with E-state index in [9.17, 15) is 0 Å². The Bertz CT molecular complexity index is 377. The molecule has 3 nitrogen and oxygen atoms in total. The second-order valence-corrected chi connectivity index (χ2v) is 6.46. The predicted octanol–water partition coefficient (Wildman–Crippen LogP) is 3.07. The molecular weight excluding hydrogens is 246 g/mol. The highest BCUT2D eigenvalue weighted by Gasteiger charge is 2.27. The Morgan fingerprint density at radius 3 is 2.75 bits per heavy atom. The maximum Gasteiger partial charge on any atom is 0.0271 e. The third kappa shape index (κ3) is 4.57. The lowest BCUT2D eigenvalue weighted by Gasteiger charge is -2.41. The Balaban J connectivity index is 2.01. The van der Waals surface area contributed by atoms with Crippen LogP contribution in [-0.2, 0) is 6.54 Å². The van der Waals surface area contributed by atoms with Crippen LogP contribution < -0.4 is 5.32 Å². The molecule has 2 atom stereocenters. The first kappa shape index (κ1) is 15.5. The zero-order valence-corrected chi connectivity index (χ0v) is 13.2. The quantitative estimate of drug-likeness (QED) is 0.865. The van der Waals surface area contributed by atoms with Gasteiger partial charge in [-0.2, -0.15) is 0 Å². The minimum absolute atomic E-state index is 0.658. The standard InChI is InChI=1S/C17H29N3/c1-4-5-16-13-20(12-15-6-8-18-9-7-15)17(11-19-16)10-14(2)3/h6-9,14,16-17,19H,4-5,10-13H2,1-3H3. The summed E-state index contributed by atoms with van der Waals surface area (Å²) in [5, 5.41) is 3.74. The topological polar surface area (TPSA) is 28.2 Å². The van der Waals surface area contributed by atoms with E-state index in [4.69, 9.17) is 0 Å². The fraction of sp³-hybridized carbons (Fsp3) is 0.706. The van der Waals surface area contributed by atoms with E-state index >= 15 is 0 Å². The molecule has 0 aromatic carbocycles. The summed E-state index contributed by atoms with van der Waals surface area (Å²) >= 11 is 0. The van der Waals surface area contributed by atoms with Crippen LogP contribution in [0.15, 0.2) is 24.5 Å². The first-order chi connectivity index (χ1) is 9.69. The zero-order chi connectivity index (χ0) is 14.4. The molecule has 1 aromatic heterocycles. The Labute approximate surface area is 123 Å². The van der Waals surface area contributed by atoms with Gasteiger partial charge in [0, 0.05) is 44.1 Å². The van der Waals surface area contributed by atoms with Gasteiger partial charge in [-0.3, -0.25) is 9.88 Å². The molecule has 0 saturated carbocycles. The molecule has 2 heterocycles. The molecule has 0 spiro atoms. The van der Waals surface area contributed by atoms with Crippen molar-refractivity contribution in [3.05, 3.63) is 30.1 Å². The fourth-order valence-electron chi connectivity index (χ4n) is 3.16. The molecule has 0 radical (unpaired) electrons. The summed E-state index contributed by atoms with van der Waals surface area (Å²) in [4.78, 5) is 6.79. The van der Waals surface area contributed by atoms with E-state index in [0.717, 1.165) is 19.0 Å². The van der Waals surface area contributed by atoms with Crippen molar-refractivity contribution < 1.29 is 0 Å². The lowest BCUT2D eigenvalue weighted by molar-refractivity contribution is 0.103. The number of aromatic nitrogens is 1. The molecule has 0 bridgehead atoms. The molecule has 0 aliphatic carbocycles. The summed E-state index contributed by atoms with van der Waals surface area (Å²) in [6.45, 7) is 10.3. The smallest absolute Gasteiger partial charge is 0.0271 e. The third-order valence-corrected chi connectivity index (χ3v) is 4.13. The molecule has 2 unspecified atom stereocenters. The number of piperazine rings is 1. The highest BCUT2D eigenvalue weighted by atomic mass is 15.2. The molecule has 0 amide bonds. The first-order valence-electron chi connectivity index (χ1n) is 8.05. The molecule has 1 fully saturated rings. The van der Waals surface area contributed by atoms with Crippen molar-refractivity contribution in [1.82, 2.24) is 15.2 Å². The predicted molar refractivity (Wildman–Crippen MR) is 84.6 cm³/mol. The summed E-state index contributed by atoms with van der Waals surface area (Å²) in [6.07, 6.45) is 7.62. The SMILES string of the molecule is CCCC1CN(Cc2ccncc2)C(CC(C)C)CN1. The average Bonchev–Trinajstić information content (AvgIpc) is 2.43. The van der Waals surface area contributed by atoms with Crippen molar-refractivity contribution in [2.75, 3.05) is 13.1 Å². The van der Waals surface area contributed by atoms with Crippen molar-refractivity contribution in [3.63, 3.8) is 0 Å². The highest BCUT2D eigenvalue weighted by Crippen LogP contribution is 2.19. The highest BCUT2D eigenvalue weighted by molar-refractivity contribution is 5.10. The van der Waals surface area contributed by atoms with Gasteiger partial charge < -0.3 is 5.32 Å². The molecule has 3 heteroatoms. The first-order valence-corrected chi connectivity index (χ1v) is 8.05.